The van der Waals surface area contributed by atoms with Crippen LogP contribution in [-0.4, -0.2) is 27.6 Å². The molecule has 0 spiro atoms. The summed E-state index contributed by atoms with van der Waals surface area (Å²) in [6, 6.07) is 12.9. The summed E-state index contributed by atoms with van der Waals surface area (Å²) >= 11 is 5.72. The van der Waals surface area contributed by atoms with E-state index in [1.807, 2.05) is 30.3 Å². The first-order valence-electron chi connectivity index (χ1n) is 7.81. The minimum absolute atomic E-state index is 0.0780. The van der Waals surface area contributed by atoms with Crippen LogP contribution in [0.2, 0.25) is 5.15 Å². The number of rotatable bonds is 5. The third-order valence-electron chi connectivity index (χ3n) is 3.67. The lowest BCUT2D eigenvalue weighted by Gasteiger charge is -2.22. The van der Waals surface area contributed by atoms with Crippen LogP contribution in [0.25, 0.3) is 0 Å². The number of ether oxygens (including phenoxy) is 1. The molecule has 0 unspecified atom stereocenters. The number of hydrogen-bond donors (Lipinski definition) is 0. The highest BCUT2D eigenvalue weighted by Gasteiger charge is 2.25. The third-order valence-corrected chi connectivity index (χ3v) is 3.90. The lowest BCUT2D eigenvalue weighted by Crippen LogP contribution is -2.34. The minimum atomic E-state index is -0.527. The van der Waals surface area contributed by atoms with Gasteiger partial charge >= 0.3 is 5.97 Å². The number of halogens is 1. The number of hydrazone groups is 1. The van der Waals surface area contributed by atoms with Crippen LogP contribution in [0.4, 0.5) is 0 Å². The molecular formula is C18H16ClN3O3. The first kappa shape index (κ1) is 17.1. The molecule has 0 saturated heterocycles. The molecule has 1 aliphatic rings. The van der Waals surface area contributed by atoms with Gasteiger partial charge < -0.3 is 4.74 Å². The van der Waals surface area contributed by atoms with Gasteiger partial charge in [0.15, 0.2) is 0 Å². The summed E-state index contributed by atoms with van der Waals surface area (Å²) in [5.41, 5.74) is 1.92. The van der Waals surface area contributed by atoms with E-state index in [1.165, 1.54) is 5.01 Å². The molecule has 2 aromatic rings. The number of carbonyl (C=O) groups excluding carboxylic acids is 2. The Labute approximate surface area is 150 Å². The second kappa shape index (κ2) is 7.90. The van der Waals surface area contributed by atoms with Crippen LogP contribution in [0.1, 0.15) is 24.0 Å². The summed E-state index contributed by atoms with van der Waals surface area (Å²) in [6.07, 6.45) is 2.06. The maximum atomic E-state index is 12.2. The summed E-state index contributed by atoms with van der Waals surface area (Å²) in [5, 5.41) is 5.87. The predicted molar refractivity (Wildman–Crippen MR) is 92.7 cm³/mol. The zero-order valence-corrected chi connectivity index (χ0v) is 14.1. The molecule has 128 valence electrons. The lowest BCUT2D eigenvalue weighted by atomic mass is 10.1. The van der Waals surface area contributed by atoms with E-state index >= 15 is 0 Å². The average molecular weight is 358 g/mol. The fourth-order valence-electron chi connectivity index (χ4n) is 2.35. The Kier molecular flexibility index (Phi) is 5.40. The van der Waals surface area contributed by atoms with Crippen molar-refractivity contribution in [1.82, 2.24) is 9.99 Å². The number of hydrogen-bond acceptors (Lipinski definition) is 5. The van der Waals surface area contributed by atoms with Gasteiger partial charge in [0.05, 0.1) is 6.54 Å². The molecule has 0 atom stereocenters. The zero-order chi connectivity index (χ0) is 17.6. The number of amides is 1. The van der Waals surface area contributed by atoms with Gasteiger partial charge in [-0.05, 0) is 11.6 Å². The number of aromatic nitrogens is 1. The van der Waals surface area contributed by atoms with Crippen molar-refractivity contribution >= 4 is 29.2 Å². The van der Waals surface area contributed by atoms with Crippen LogP contribution in [0.15, 0.2) is 53.8 Å². The SMILES string of the molecule is O=C(OCc1ccc(Cl)nc1)C1=NN(Cc2ccccc2)C(=O)CC1. The Morgan fingerprint density at radius 1 is 1.12 bits per heavy atom. The summed E-state index contributed by atoms with van der Waals surface area (Å²) in [7, 11) is 0. The summed E-state index contributed by atoms with van der Waals surface area (Å²) in [5.74, 6) is -0.636. The molecular weight excluding hydrogens is 342 g/mol. The normalized spacial score (nSPS) is 14.2. The van der Waals surface area contributed by atoms with E-state index in [0.29, 0.717) is 11.7 Å². The van der Waals surface area contributed by atoms with Crippen molar-refractivity contribution in [3.8, 4) is 0 Å². The molecule has 6 nitrogen and oxygen atoms in total. The van der Waals surface area contributed by atoms with Crippen molar-refractivity contribution in [2.24, 2.45) is 5.10 Å². The minimum Gasteiger partial charge on any atom is -0.456 e. The number of esters is 1. The van der Waals surface area contributed by atoms with E-state index in [2.05, 4.69) is 10.1 Å². The summed E-state index contributed by atoms with van der Waals surface area (Å²) in [4.78, 5) is 28.2. The molecule has 1 aliphatic heterocycles. The Balaban J connectivity index is 1.63. The summed E-state index contributed by atoms with van der Waals surface area (Å²) < 4.78 is 5.25. The first-order chi connectivity index (χ1) is 12.1. The molecule has 0 saturated carbocycles. The van der Waals surface area contributed by atoms with Crippen molar-refractivity contribution in [2.75, 3.05) is 0 Å². The molecule has 3 rings (SSSR count). The Hall–Kier alpha value is -2.73. The molecule has 1 amide bonds. The highest BCUT2D eigenvalue weighted by atomic mass is 35.5. The summed E-state index contributed by atoms with van der Waals surface area (Å²) in [6.45, 7) is 0.409. The van der Waals surface area contributed by atoms with Crippen molar-refractivity contribution in [1.29, 1.82) is 0 Å². The monoisotopic (exact) mass is 357 g/mol. The van der Waals surface area contributed by atoms with Gasteiger partial charge in [-0.25, -0.2) is 14.8 Å². The zero-order valence-electron chi connectivity index (χ0n) is 13.4. The molecule has 2 heterocycles. The molecule has 0 fully saturated rings. The van der Waals surface area contributed by atoms with Gasteiger partial charge in [0.2, 0.25) is 5.91 Å². The first-order valence-corrected chi connectivity index (χ1v) is 8.19. The third kappa shape index (κ3) is 4.64. The molecule has 7 heteroatoms. The van der Waals surface area contributed by atoms with E-state index in [4.69, 9.17) is 16.3 Å². The fourth-order valence-corrected chi connectivity index (χ4v) is 2.46. The second-order valence-corrected chi connectivity index (χ2v) is 5.94. The molecule has 0 radical (unpaired) electrons. The lowest BCUT2D eigenvalue weighted by molar-refractivity contribution is -0.137. The van der Waals surface area contributed by atoms with E-state index in [9.17, 15) is 9.59 Å². The van der Waals surface area contributed by atoms with Crippen LogP contribution in [0.5, 0.6) is 0 Å². The standard InChI is InChI=1S/C18H16ClN3O3/c19-16-8-6-14(10-20-16)12-25-18(24)15-7-9-17(23)22(21-15)11-13-4-2-1-3-5-13/h1-6,8,10H,7,9,11-12H2. The van der Waals surface area contributed by atoms with E-state index < -0.39 is 5.97 Å². The van der Waals surface area contributed by atoms with Gasteiger partial charge in [0.1, 0.15) is 17.5 Å². The highest BCUT2D eigenvalue weighted by molar-refractivity contribution is 6.37. The van der Waals surface area contributed by atoms with Gasteiger partial charge in [-0.2, -0.15) is 5.10 Å². The van der Waals surface area contributed by atoms with Crippen LogP contribution in [0, 0.1) is 0 Å². The predicted octanol–water partition coefficient (Wildman–Crippen LogP) is 2.96. The number of benzene rings is 1. The van der Waals surface area contributed by atoms with Crippen LogP contribution >= 0.6 is 11.6 Å². The van der Waals surface area contributed by atoms with Crippen molar-refractivity contribution in [3.05, 3.63) is 64.9 Å². The topological polar surface area (TPSA) is 71.9 Å². The van der Waals surface area contributed by atoms with Crippen molar-refractivity contribution in [3.63, 3.8) is 0 Å². The Morgan fingerprint density at radius 3 is 2.64 bits per heavy atom. The smallest absolute Gasteiger partial charge is 0.354 e. The Morgan fingerprint density at radius 2 is 1.92 bits per heavy atom. The van der Waals surface area contributed by atoms with Crippen LogP contribution < -0.4 is 0 Å². The van der Waals surface area contributed by atoms with Gasteiger partial charge in [0.25, 0.3) is 0 Å². The van der Waals surface area contributed by atoms with Crippen LogP contribution in [0.3, 0.4) is 0 Å². The number of nitrogens with zero attached hydrogens (tertiary/aromatic N) is 3. The Bertz CT molecular complexity index is 791. The quantitative estimate of drug-likeness (QED) is 0.609. The van der Waals surface area contributed by atoms with E-state index in [0.717, 1.165) is 11.1 Å². The largest absolute Gasteiger partial charge is 0.456 e. The fraction of sp³-hybridized carbons (Fsp3) is 0.222. The van der Waals surface area contributed by atoms with Gasteiger partial charge in [-0.3, -0.25) is 4.79 Å². The number of pyridine rings is 1. The molecule has 0 bridgehead atoms. The van der Waals surface area contributed by atoms with Gasteiger partial charge in [0, 0.05) is 24.6 Å². The molecule has 25 heavy (non-hydrogen) atoms. The van der Waals surface area contributed by atoms with Crippen molar-refractivity contribution < 1.29 is 14.3 Å². The number of carbonyl (C=O) groups is 2. The average Bonchev–Trinajstić information content (AvgIpc) is 2.64. The maximum absolute atomic E-state index is 12.2. The molecule has 0 N–H and O–H groups in total. The maximum Gasteiger partial charge on any atom is 0.354 e. The highest BCUT2D eigenvalue weighted by Crippen LogP contribution is 2.15. The molecule has 1 aromatic heterocycles. The molecule has 0 aliphatic carbocycles. The molecule has 1 aromatic carbocycles. The van der Waals surface area contributed by atoms with Crippen molar-refractivity contribution in [2.45, 2.75) is 26.0 Å². The van der Waals surface area contributed by atoms with Gasteiger partial charge in [-0.15, -0.1) is 0 Å². The van der Waals surface area contributed by atoms with E-state index in [1.54, 1.807) is 18.3 Å². The second-order valence-electron chi connectivity index (χ2n) is 5.55. The van der Waals surface area contributed by atoms with Gasteiger partial charge in [-0.1, -0.05) is 48.0 Å². The van der Waals surface area contributed by atoms with E-state index in [-0.39, 0.29) is 31.1 Å². The van der Waals surface area contributed by atoms with Crippen LogP contribution in [-0.2, 0) is 27.5 Å².